The van der Waals surface area contributed by atoms with Gasteiger partial charge in [-0.3, -0.25) is 4.79 Å². The van der Waals surface area contributed by atoms with E-state index in [1.807, 2.05) is 24.3 Å². The molecule has 2 aromatic rings. The number of methoxy groups -OCH3 is 1. The molecule has 1 aromatic carbocycles. The van der Waals surface area contributed by atoms with Crippen LogP contribution in [0.5, 0.6) is 5.88 Å². The van der Waals surface area contributed by atoms with Gasteiger partial charge in [0.15, 0.2) is 6.61 Å². The van der Waals surface area contributed by atoms with Crippen LogP contribution in [0.1, 0.15) is 21.5 Å². The number of hydrogen-bond donors (Lipinski definition) is 1. The van der Waals surface area contributed by atoms with Gasteiger partial charge in [0.05, 0.1) is 12.2 Å². The summed E-state index contributed by atoms with van der Waals surface area (Å²) in [5.74, 6) is -0.576. The van der Waals surface area contributed by atoms with Crippen molar-refractivity contribution in [2.45, 2.75) is 19.3 Å². The molecule has 0 aliphatic heterocycles. The Balaban J connectivity index is 1.89. The van der Waals surface area contributed by atoms with E-state index in [0.29, 0.717) is 13.2 Å². The van der Waals surface area contributed by atoms with E-state index in [4.69, 9.17) is 4.74 Å². The minimum atomic E-state index is -4.44. The van der Waals surface area contributed by atoms with E-state index in [1.165, 1.54) is 18.3 Å². The number of benzene rings is 1. The molecule has 0 radical (unpaired) electrons. The first kappa shape index (κ1) is 18.7. The highest BCUT2D eigenvalue weighted by Crippen LogP contribution is 2.17. The molecule has 0 atom stereocenters. The lowest BCUT2D eigenvalue weighted by Gasteiger charge is -2.09. The molecule has 25 heavy (non-hydrogen) atoms. The summed E-state index contributed by atoms with van der Waals surface area (Å²) < 4.78 is 45.7. The first-order chi connectivity index (χ1) is 11.9. The Bertz CT molecular complexity index is 703. The summed E-state index contributed by atoms with van der Waals surface area (Å²) in [7, 11) is 1.60. The van der Waals surface area contributed by atoms with Gasteiger partial charge in [0.1, 0.15) is 0 Å². The molecule has 2 rings (SSSR count). The van der Waals surface area contributed by atoms with Gasteiger partial charge in [-0.1, -0.05) is 24.3 Å². The summed E-state index contributed by atoms with van der Waals surface area (Å²) in [4.78, 5) is 15.8. The second-order valence-electron chi connectivity index (χ2n) is 5.22. The van der Waals surface area contributed by atoms with E-state index < -0.39 is 12.8 Å². The largest absolute Gasteiger partial charge is 0.468 e. The lowest BCUT2D eigenvalue weighted by molar-refractivity contribution is -0.154. The number of carbonyl (C=O) groups is 1. The predicted molar refractivity (Wildman–Crippen MR) is 84.1 cm³/mol. The molecule has 1 N–H and O–H groups in total. The summed E-state index contributed by atoms with van der Waals surface area (Å²) in [5.41, 5.74) is 2.12. The van der Waals surface area contributed by atoms with Gasteiger partial charge in [-0.15, -0.1) is 0 Å². The molecule has 1 aromatic heterocycles. The third-order valence-corrected chi connectivity index (χ3v) is 3.14. The minimum Gasteiger partial charge on any atom is -0.468 e. The molecule has 1 amide bonds. The van der Waals surface area contributed by atoms with Gasteiger partial charge in [0, 0.05) is 25.9 Å². The molecular weight excluding hydrogens is 337 g/mol. The van der Waals surface area contributed by atoms with Crippen molar-refractivity contribution in [3.05, 3.63) is 59.3 Å². The van der Waals surface area contributed by atoms with E-state index >= 15 is 0 Å². The topological polar surface area (TPSA) is 60.5 Å². The van der Waals surface area contributed by atoms with E-state index in [1.54, 1.807) is 7.11 Å². The number of hydrogen-bond acceptors (Lipinski definition) is 4. The fourth-order valence-electron chi connectivity index (χ4n) is 2.04. The van der Waals surface area contributed by atoms with Gasteiger partial charge in [-0.05, 0) is 17.2 Å². The van der Waals surface area contributed by atoms with Crippen LogP contribution in [0.3, 0.4) is 0 Å². The summed E-state index contributed by atoms with van der Waals surface area (Å²) in [6.07, 6.45) is -3.27. The molecule has 0 fully saturated rings. The molecule has 0 saturated heterocycles. The second kappa shape index (κ2) is 8.48. The highest BCUT2D eigenvalue weighted by molar-refractivity contribution is 5.93. The normalized spacial score (nSPS) is 11.2. The van der Waals surface area contributed by atoms with Gasteiger partial charge in [0.25, 0.3) is 5.91 Å². The van der Waals surface area contributed by atoms with Gasteiger partial charge in [-0.25, -0.2) is 4.98 Å². The number of alkyl halides is 3. The molecule has 134 valence electrons. The van der Waals surface area contributed by atoms with Crippen molar-refractivity contribution in [1.29, 1.82) is 0 Å². The Labute approximate surface area is 142 Å². The molecule has 0 aliphatic carbocycles. The van der Waals surface area contributed by atoms with Crippen LogP contribution in [-0.2, 0) is 17.9 Å². The zero-order chi connectivity index (χ0) is 18.3. The Morgan fingerprint density at radius 1 is 1.20 bits per heavy atom. The van der Waals surface area contributed by atoms with Crippen molar-refractivity contribution >= 4 is 5.91 Å². The molecule has 0 unspecified atom stereocenters. The fourth-order valence-corrected chi connectivity index (χ4v) is 2.04. The fraction of sp³-hybridized carbons (Fsp3) is 0.294. The predicted octanol–water partition coefficient (Wildman–Crippen LogP) is 3.10. The number of ether oxygens (including phenoxy) is 2. The smallest absolute Gasteiger partial charge is 0.422 e. The molecule has 5 nitrogen and oxygen atoms in total. The standard InChI is InChI=1S/C17H17F3N2O3/c1-24-10-13-4-2-3-12(7-13)8-22-16(23)14-5-6-15(21-9-14)25-11-17(18,19)20/h2-7,9H,8,10-11H2,1H3,(H,22,23). The van der Waals surface area contributed by atoms with Crippen LogP contribution in [0.2, 0.25) is 0 Å². The highest BCUT2D eigenvalue weighted by Gasteiger charge is 2.28. The molecule has 0 saturated carbocycles. The number of halogens is 3. The van der Waals surface area contributed by atoms with E-state index in [2.05, 4.69) is 15.0 Å². The van der Waals surface area contributed by atoms with Gasteiger partial charge >= 0.3 is 6.18 Å². The first-order valence-electron chi connectivity index (χ1n) is 7.38. The maximum Gasteiger partial charge on any atom is 0.422 e. The third kappa shape index (κ3) is 6.42. The number of pyridine rings is 1. The van der Waals surface area contributed by atoms with Gasteiger partial charge in [0.2, 0.25) is 5.88 Å². The van der Waals surface area contributed by atoms with Crippen molar-refractivity contribution in [2.75, 3.05) is 13.7 Å². The first-order valence-corrected chi connectivity index (χ1v) is 7.38. The van der Waals surface area contributed by atoms with Crippen molar-refractivity contribution in [1.82, 2.24) is 10.3 Å². The SMILES string of the molecule is COCc1cccc(CNC(=O)c2ccc(OCC(F)(F)F)nc2)c1. The Morgan fingerprint density at radius 3 is 2.60 bits per heavy atom. The van der Waals surface area contributed by atoms with Crippen LogP contribution < -0.4 is 10.1 Å². The van der Waals surface area contributed by atoms with Gasteiger partial charge < -0.3 is 14.8 Å². The van der Waals surface area contributed by atoms with E-state index in [-0.39, 0.29) is 17.4 Å². The second-order valence-corrected chi connectivity index (χ2v) is 5.22. The minimum absolute atomic E-state index is 0.193. The highest BCUT2D eigenvalue weighted by atomic mass is 19.4. The maximum absolute atomic E-state index is 12.1. The molecule has 0 aliphatic rings. The van der Waals surface area contributed by atoms with Crippen LogP contribution >= 0.6 is 0 Å². The summed E-state index contributed by atoms with van der Waals surface area (Å²) >= 11 is 0. The van der Waals surface area contributed by atoms with Gasteiger partial charge in [-0.2, -0.15) is 13.2 Å². The summed E-state index contributed by atoms with van der Waals surface area (Å²) in [6.45, 7) is -0.642. The summed E-state index contributed by atoms with van der Waals surface area (Å²) in [6, 6.07) is 10.1. The van der Waals surface area contributed by atoms with Crippen LogP contribution in [0.4, 0.5) is 13.2 Å². The van der Waals surface area contributed by atoms with E-state index in [9.17, 15) is 18.0 Å². The third-order valence-electron chi connectivity index (χ3n) is 3.14. The van der Waals surface area contributed by atoms with Crippen molar-refractivity contribution < 1.29 is 27.4 Å². The molecule has 1 heterocycles. The average Bonchev–Trinajstić information content (AvgIpc) is 2.58. The Morgan fingerprint density at radius 2 is 1.96 bits per heavy atom. The van der Waals surface area contributed by atoms with Crippen LogP contribution in [-0.4, -0.2) is 30.8 Å². The molecule has 0 spiro atoms. The number of rotatable bonds is 7. The van der Waals surface area contributed by atoms with Crippen molar-refractivity contribution in [3.8, 4) is 5.88 Å². The number of carbonyl (C=O) groups excluding carboxylic acids is 1. The molecule has 0 bridgehead atoms. The Hall–Kier alpha value is -2.61. The van der Waals surface area contributed by atoms with Crippen LogP contribution in [0.15, 0.2) is 42.6 Å². The summed E-state index contributed by atoms with van der Waals surface area (Å²) in [5, 5.41) is 2.72. The van der Waals surface area contributed by atoms with E-state index in [0.717, 1.165) is 11.1 Å². The monoisotopic (exact) mass is 354 g/mol. The quantitative estimate of drug-likeness (QED) is 0.830. The molecular formula is C17H17F3N2O3. The van der Waals surface area contributed by atoms with Crippen LogP contribution in [0, 0.1) is 0 Å². The lowest BCUT2D eigenvalue weighted by Crippen LogP contribution is -2.23. The Kier molecular flexibility index (Phi) is 6.35. The number of amides is 1. The average molecular weight is 354 g/mol. The molecule has 8 heteroatoms. The van der Waals surface area contributed by atoms with Crippen molar-refractivity contribution in [3.63, 3.8) is 0 Å². The van der Waals surface area contributed by atoms with Crippen LogP contribution in [0.25, 0.3) is 0 Å². The zero-order valence-electron chi connectivity index (χ0n) is 13.5. The zero-order valence-corrected chi connectivity index (χ0v) is 13.5. The number of aromatic nitrogens is 1. The number of nitrogens with one attached hydrogen (secondary N) is 1. The number of nitrogens with zero attached hydrogens (tertiary/aromatic N) is 1. The maximum atomic E-state index is 12.1. The lowest BCUT2D eigenvalue weighted by atomic mass is 10.1. The van der Waals surface area contributed by atoms with Crippen molar-refractivity contribution in [2.24, 2.45) is 0 Å².